The standard InChI is InChI=1S/C3H4O3.C2H5NO2.C2H2O3/c1-2(4)3(5)6;2*3-1-2(4)5/h1H3,(H,5,6);1,3H2,(H,4,5);1H,(H,4,5). The van der Waals surface area contributed by atoms with E-state index in [1.54, 1.807) is 0 Å². The first kappa shape index (κ1) is 19.3. The van der Waals surface area contributed by atoms with Crippen LogP contribution in [0.2, 0.25) is 0 Å². The average Bonchev–Trinajstić information content (AvgIpc) is 2.19. The molecule has 0 rings (SSSR count). The first-order valence-electron chi connectivity index (χ1n) is 3.52. The molecule has 0 radical (unpaired) electrons. The zero-order valence-corrected chi connectivity index (χ0v) is 8.24. The summed E-state index contributed by atoms with van der Waals surface area (Å²) in [6.07, 6.45) is -0.167. The monoisotopic (exact) mass is 237 g/mol. The average molecular weight is 237 g/mol. The molecule has 0 aromatic heterocycles. The minimum atomic E-state index is -1.43. The highest BCUT2D eigenvalue weighted by atomic mass is 16.4. The van der Waals surface area contributed by atoms with E-state index in [0.717, 1.165) is 6.92 Å². The number of aliphatic carboxylic acids is 3. The molecule has 0 unspecified atom stereocenters. The van der Waals surface area contributed by atoms with Crippen LogP contribution in [0.25, 0.3) is 0 Å². The maximum Gasteiger partial charge on any atom is 0.371 e. The Kier molecular flexibility index (Phi) is 15.3. The van der Waals surface area contributed by atoms with Gasteiger partial charge in [-0.3, -0.25) is 14.4 Å². The summed E-state index contributed by atoms with van der Waals surface area (Å²) in [7, 11) is 0. The van der Waals surface area contributed by atoms with E-state index in [0.29, 0.717) is 0 Å². The molecule has 16 heavy (non-hydrogen) atoms. The fourth-order valence-electron chi connectivity index (χ4n) is 0. The molecule has 0 aliphatic carbocycles. The van der Waals surface area contributed by atoms with Crippen molar-refractivity contribution in [3.8, 4) is 0 Å². The minimum Gasteiger partial charge on any atom is -0.480 e. The molecule has 9 heteroatoms. The second-order valence-corrected chi connectivity index (χ2v) is 1.92. The Balaban J connectivity index is -0.000000160. The number of carboxylic acid groups (broad SMARTS) is 3. The molecule has 0 saturated heterocycles. The van der Waals surface area contributed by atoms with Gasteiger partial charge in [0.15, 0.2) is 0 Å². The van der Waals surface area contributed by atoms with Crippen LogP contribution in [0.1, 0.15) is 6.92 Å². The molecular formula is C7H11NO8. The molecule has 0 amide bonds. The summed E-state index contributed by atoms with van der Waals surface area (Å²) in [5.41, 5.74) is 4.57. The predicted molar refractivity (Wildman–Crippen MR) is 48.7 cm³/mol. The predicted octanol–water partition coefficient (Wildman–Crippen LogP) is -2.04. The van der Waals surface area contributed by atoms with E-state index in [1.807, 2.05) is 0 Å². The van der Waals surface area contributed by atoms with Gasteiger partial charge in [-0.1, -0.05) is 0 Å². The maximum absolute atomic E-state index is 9.54. The van der Waals surface area contributed by atoms with E-state index < -0.39 is 23.7 Å². The number of rotatable bonds is 3. The molecule has 0 spiro atoms. The van der Waals surface area contributed by atoms with Gasteiger partial charge in [0.2, 0.25) is 12.1 Å². The lowest BCUT2D eigenvalue weighted by atomic mass is 10.5. The van der Waals surface area contributed by atoms with Crippen LogP contribution >= 0.6 is 0 Å². The molecule has 0 aliphatic heterocycles. The van der Waals surface area contributed by atoms with E-state index in [4.69, 9.17) is 24.9 Å². The van der Waals surface area contributed by atoms with Gasteiger partial charge >= 0.3 is 17.9 Å². The molecule has 0 aromatic rings. The number of hydrogen-bond donors (Lipinski definition) is 4. The summed E-state index contributed by atoms with van der Waals surface area (Å²) in [5.74, 6) is -4.60. The molecular weight excluding hydrogens is 226 g/mol. The first-order valence-corrected chi connectivity index (χ1v) is 3.52. The lowest BCUT2D eigenvalue weighted by Gasteiger charge is -1.73. The molecule has 5 N–H and O–H groups in total. The molecule has 0 atom stereocenters. The van der Waals surface area contributed by atoms with Crippen molar-refractivity contribution in [1.82, 2.24) is 0 Å². The number of carbonyl (C=O) groups is 5. The summed E-state index contributed by atoms with van der Waals surface area (Å²) in [5, 5.41) is 22.6. The summed E-state index contributed by atoms with van der Waals surface area (Å²) >= 11 is 0. The molecule has 0 heterocycles. The minimum absolute atomic E-state index is 0.167. The van der Waals surface area contributed by atoms with Gasteiger partial charge in [-0.25, -0.2) is 9.59 Å². The fourth-order valence-corrected chi connectivity index (χ4v) is 0. The number of hydrogen-bond acceptors (Lipinski definition) is 6. The van der Waals surface area contributed by atoms with Gasteiger partial charge in [0.1, 0.15) is 0 Å². The van der Waals surface area contributed by atoms with Gasteiger partial charge in [-0.15, -0.1) is 0 Å². The molecule has 0 aromatic carbocycles. The summed E-state index contributed by atoms with van der Waals surface area (Å²) in [6, 6.07) is 0. The summed E-state index contributed by atoms with van der Waals surface area (Å²) in [4.78, 5) is 46.0. The second-order valence-electron chi connectivity index (χ2n) is 1.92. The number of carbonyl (C=O) groups excluding carboxylic acids is 2. The van der Waals surface area contributed by atoms with Gasteiger partial charge < -0.3 is 21.1 Å². The Hall–Kier alpha value is -2.29. The highest BCUT2D eigenvalue weighted by Gasteiger charge is 1.98. The SMILES string of the molecule is CC(=O)C(=O)O.NCC(=O)O.O=CC(=O)O. The van der Waals surface area contributed by atoms with Gasteiger partial charge in [-0.05, 0) is 0 Å². The van der Waals surface area contributed by atoms with E-state index in [9.17, 15) is 14.4 Å². The summed E-state index contributed by atoms with van der Waals surface area (Å²) < 4.78 is 0. The Morgan fingerprint density at radius 3 is 1.31 bits per heavy atom. The quantitative estimate of drug-likeness (QED) is 0.318. The van der Waals surface area contributed by atoms with Crippen molar-refractivity contribution in [2.75, 3.05) is 6.54 Å². The van der Waals surface area contributed by atoms with Crippen LogP contribution in [0, 0.1) is 0 Å². The van der Waals surface area contributed by atoms with Crippen LogP contribution in [0.4, 0.5) is 0 Å². The topological polar surface area (TPSA) is 172 Å². The van der Waals surface area contributed by atoms with E-state index >= 15 is 0 Å². The maximum atomic E-state index is 9.54. The van der Waals surface area contributed by atoms with Crippen LogP contribution in [0.15, 0.2) is 0 Å². The largest absolute Gasteiger partial charge is 0.480 e. The smallest absolute Gasteiger partial charge is 0.371 e. The third-order valence-corrected chi connectivity index (χ3v) is 0.577. The van der Waals surface area contributed by atoms with Crippen molar-refractivity contribution in [3.63, 3.8) is 0 Å². The number of ketones is 1. The third kappa shape index (κ3) is 41.2. The lowest BCUT2D eigenvalue weighted by molar-refractivity contribution is -0.148. The van der Waals surface area contributed by atoms with Crippen molar-refractivity contribution in [2.24, 2.45) is 5.73 Å². The van der Waals surface area contributed by atoms with Crippen molar-refractivity contribution in [2.45, 2.75) is 6.92 Å². The number of carboxylic acids is 3. The Bertz CT molecular complexity index is 260. The molecule has 0 fully saturated rings. The van der Waals surface area contributed by atoms with Crippen LogP contribution in [-0.4, -0.2) is 51.8 Å². The van der Waals surface area contributed by atoms with Crippen molar-refractivity contribution < 1.29 is 39.3 Å². The molecule has 0 saturated carbocycles. The molecule has 0 bridgehead atoms. The second kappa shape index (κ2) is 12.7. The van der Waals surface area contributed by atoms with Gasteiger partial charge in [-0.2, -0.15) is 0 Å². The summed E-state index contributed by atoms with van der Waals surface area (Å²) in [6.45, 7) is 0.725. The van der Waals surface area contributed by atoms with Gasteiger partial charge in [0.25, 0.3) is 0 Å². The van der Waals surface area contributed by atoms with E-state index in [1.165, 1.54) is 0 Å². The highest BCUT2D eigenvalue weighted by Crippen LogP contribution is 1.61. The number of nitrogens with two attached hydrogens (primary N) is 1. The Morgan fingerprint density at radius 2 is 1.31 bits per heavy atom. The highest BCUT2D eigenvalue weighted by molar-refractivity contribution is 6.31. The molecule has 92 valence electrons. The Labute approximate surface area is 89.5 Å². The van der Waals surface area contributed by atoms with Crippen LogP contribution in [-0.2, 0) is 24.0 Å². The van der Waals surface area contributed by atoms with Crippen LogP contribution in [0.3, 0.4) is 0 Å². The van der Waals surface area contributed by atoms with E-state index in [2.05, 4.69) is 5.73 Å². The first-order chi connectivity index (χ1) is 7.18. The van der Waals surface area contributed by atoms with Crippen molar-refractivity contribution >= 4 is 30.0 Å². The zero-order chi connectivity index (χ0) is 13.7. The van der Waals surface area contributed by atoms with E-state index in [-0.39, 0.29) is 12.8 Å². The molecule has 0 aliphatic rings. The van der Waals surface area contributed by atoms with Crippen molar-refractivity contribution in [3.05, 3.63) is 0 Å². The number of aldehydes is 1. The zero-order valence-electron chi connectivity index (χ0n) is 8.24. The van der Waals surface area contributed by atoms with Gasteiger partial charge in [0, 0.05) is 6.92 Å². The third-order valence-electron chi connectivity index (χ3n) is 0.577. The van der Waals surface area contributed by atoms with Crippen molar-refractivity contribution in [1.29, 1.82) is 0 Å². The van der Waals surface area contributed by atoms with Crippen LogP contribution < -0.4 is 5.73 Å². The normalized spacial score (nSPS) is 7.12. The lowest BCUT2D eigenvalue weighted by Crippen LogP contribution is -2.10. The fraction of sp³-hybridized carbons (Fsp3) is 0.286. The van der Waals surface area contributed by atoms with Gasteiger partial charge in [0.05, 0.1) is 6.54 Å². The van der Waals surface area contributed by atoms with Crippen LogP contribution in [0.5, 0.6) is 0 Å². The molecule has 9 nitrogen and oxygen atoms in total. The number of Topliss-reactive ketones (excluding diaryl/α,β-unsaturated/α-hetero) is 1. The Morgan fingerprint density at radius 1 is 1.12 bits per heavy atom.